The molecule has 0 aromatic carbocycles. The Bertz CT molecular complexity index is 221. The van der Waals surface area contributed by atoms with Gasteiger partial charge in [0.05, 0.1) is 0 Å². The van der Waals surface area contributed by atoms with Crippen molar-refractivity contribution in [2.24, 2.45) is 0 Å². The number of Topliss-reactive ketones (excluding diaryl/α,β-unsaturated/α-hetero) is 1. The van der Waals surface area contributed by atoms with Crippen molar-refractivity contribution >= 4 is 11.8 Å². The molecule has 0 saturated carbocycles. The van der Waals surface area contributed by atoms with Crippen LogP contribution in [0.1, 0.15) is 26.2 Å². The Morgan fingerprint density at radius 2 is 1.79 bits per heavy atom. The molecule has 0 radical (unpaired) electrons. The highest BCUT2D eigenvalue weighted by atomic mass is 16.5. The van der Waals surface area contributed by atoms with Gasteiger partial charge in [-0.25, -0.2) is 0 Å². The molecule has 0 amide bonds. The van der Waals surface area contributed by atoms with E-state index in [1.165, 1.54) is 6.92 Å². The van der Waals surface area contributed by atoms with Crippen LogP contribution in [0.5, 0.6) is 0 Å². The molecule has 0 aliphatic rings. The second-order valence-corrected chi connectivity index (χ2v) is 3.04. The number of ether oxygens (including phenoxy) is 1. The monoisotopic (exact) mass is 196 g/mol. The zero-order valence-electron chi connectivity index (χ0n) is 8.49. The Balaban J connectivity index is 4.00. The van der Waals surface area contributed by atoms with Crippen LogP contribution < -0.4 is 0 Å². The van der Waals surface area contributed by atoms with Crippen molar-refractivity contribution in [1.82, 2.24) is 0 Å². The van der Waals surface area contributed by atoms with Gasteiger partial charge in [0.15, 0.2) is 0 Å². The minimum atomic E-state index is -0.480. The van der Waals surface area contributed by atoms with Crippen molar-refractivity contribution < 1.29 is 14.3 Å². The van der Waals surface area contributed by atoms with Gasteiger partial charge < -0.3 is 4.74 Å². The molecule has 0 atom stereocenters. The van der Waals surface area contributed by atoms with Gasteiger partial charge in [0.2, 0.25) is 0 Å². The van der Waals surface area contributed by atoms with Crippen LogP contribution in [0.3, 0.4) is 0 Å². The number of ketones is 1. The summed E-state index contributed by atoms with van der Waals surface area (Å²) in [6, 6.07) is 0. The quantitative estimate of drug-likeness (QED) is 0.355. The van der Waals surface area contributed by atoms with E-state index in [-0.39, 0.29) is 18.3 Å². The van der Waals surface area contributed by atoms with Crippen LogP contribution in [0, 0.1) is 0 Å². The molecule has 0 aliphatic carbocycles. The van der Waals surface area contributed by atoms with E-state index in [2.05, 4.69) is 13.2 Å². The molecule has 0 spiro atoms. The summed E-state index contributed by atoms with van der Waals surface area (Å²) < 4.78 is 5.04. The summed E-state index contributed by atoms with van der Waals surface area (Å²) in [6.07, 6.45) is 4.11. The first-order valence-electron chi connectivity index (χ1n) is 4.50. The fraction of sp³-hybridized carbons (Fsp3) is 0.455. The number of rotatable bonds is 7. The van der Waals surface area contributed by atoms with E-state index in [4.69, 9.17) is 4.74 Å². The van der Waals surface area contributed by atoms with Crippen molar-refractivity contribution in [3.8, 4) is 0 Å². The molecule has 0 unspecified atom stereocenters. The fourth-order valence-electron chi connectivity index (χ4n) is 0.995. The molecule has 0 rings (SSSR count). The average Bonchev–Trinajstić information content (AvgIpc) is 2.03. The zero-order chi connectivity index (χ0) is 11.0. The molecule has 78 valence electrons. The van der Waals surface area contributed by atoms with E-state index in [1.54, 1.807) is 12.2 Å². The molecule has 3 heteroatoms. The number of carbonyl (C=O) groups excluding carboxylic acids is 2. The van der Waals surface area contributed by atoms with Crippen LogP contribution in [-0.2, 0) is 14.3 Å². The van der Waals surface area contributed by atoms with Crippen LogP contribution in [0.2, 0.25) is 0 Å². The van der Waals surface area contributed by atoms with Crippen molar-refractivity contribution in [3.63, 3.8) is 0 Å². The molecule has 0 N–H and O–H groups in total. The van der Waals surface area contributed by atoms with E-state index >= 15 is 0 Å². The second kappa shape index (κ2) is 7.06. The van der Waals surface area contributed by atoms with Crippen molar-refractivity contribution in [1.29, 1.82) is 0 Å². The highest BCUT2D eigenvalue weighted by Gasteiger charge is 2.12. The summed E-state index contributed by atoms with van der Waals surface area (Å²) in [6.45, 7) is 8.48. The van der Waals surface area contributed by atoms with Gasteiger partial charge in [-0.05, 0) is 6.92 Å². The van der Waals surface area contributed by atoms with E-state index in [1.807, 2.05) is 0 Å². The third kappa shape index (κ3) is 6.17. The van der Waals surface area contributed by atoms with Crippen LogP contribution in [0.15, 0.2) is 25.3 Å². The number of carbonyl (C=O) groups is 2. The lowest BCUT2D eigenvalue weighted by atomic mass is 10.2. The number of hydrogen-bond donors (Lipinski definition) is 0. The lowest BCUT2D eigenvalue weighted by molar-refractivity contribution is -0.150. The SMILES string of the molecule is C=CCC(CC=C)OC(=O)CC(C)=O. The highest BCUT2D eigenvalue weighted by Crippen LogP contribution is 2.06. The smallest absolute Gasteiger partial charge is 0.313 e. The van der Waals surface area contributed by atoms with Crippen LogP contribution in [-0.4, -0.2) is 17.9 Å². The molecule has 0 aliphatic heterocycles. The van der Waals surface area contributed by atoms with Crippen molar-refractivity contribution in [2.45, 2.75) is 32.3 Å². The fourth-order valence-corrected chi connectivity index (χ4v) is 0.995. The summed E-state index contributed by atoms with van der Waals surface area (Å²) >= 11 is 0. The Morgan fingerprint density at radius 3 is 2.14 bits per heavy atom. The van der Waals surface area contributed by atoms with E-state index < -0.39 is 5.97 Å². The lowest BCUT2D eigenvalue weighted by Gasteiger charge is -2.13. The van der Waals surface area contributed by atoms with E-state index in [0.717, 1.165) is 0 Å². The molecular formula is C11H16O3. The molecular weight excluding hydrogens is 180 g/mol. The van der Waals surface area contributed by atoms with Crippen molar-refractivity contribution in [3.05, 3.63) is 25.3 Å². The summed E-state index contributed by atoms with van der Waals surface area (Å²) in [4.78, 5) is 21.7. The predicted molar refractivity (Wildman–Crippen MR) is 54.8 cm³/mol. The first kappa shape index (κ1) is 12.6. The molecule has 0 aromatic rings. The number of esters is 1. The van der Waals surface area contributed by atoms with Gasteiger partial charge in [-0.15, -0.1) is 13.2 Å². The normalized spacial score (nSPS) is 9.57. The largest absolute Gasteiger partial charge is 0.461 e. The summed E-state index contributed by atoms with van der Waals surface area (Å²) in [5.41, 5.74) is 0. The second-order valence-electron chi connectivity index (χ2n) is 3.04. The minimum absolute atomic E-state index is 0.162. The van der Waals surface area contributed by atoms with E-state index in [0.29, 0.717) is 12.8 Å². The van der Waals surface area contributed by atoms with Crippen LogP contribution >= 0.6 is 0 Å². The highest BCUT2D eigenvalue weighted by molar-refractivity contribution is 5.94. The molecule has 0 fully saturated rings. The van der Waals surface area contributed by atoms with Gasteiger partial charge in [-0.3, -0.25) is 9.59 Å². The third-order valence-corrected chi connectivity index (χ3v) is 1.55. The minimum Gasteiger partial charge on any atom is -0.461 e. The Morgan fingerprint density at radius 1 is 1.29 bits per heavy atom. The molecule has 0 bridgehead atoms. The Kier molecular flexibility index (Phi) is 6.37. The standard InChI is InChI=1S/C11H16O3/c1-4-6-10(7-5-2)14-11(13)8-9(3)12/h4-5,10H,1-2,6-8H2,3H3. The number of hydrogen-bond acceptors (Lipinski definition) is 3. The summed E-state index contributed by atoms with van der Waals surface area (Å²) in [5.74, 6) is -0.669. The maximum absolute atomic E-state index is 11.1. The first-order valence-corrected chi connectivity index (χ1v) is 4.50. The van der Waals surface area contributed by atoms with Gasteiger partial charge in [-0.1, -0.05) is 12.2 Å². The van der Waals surface area contributed by atoms with Gasteiger partial charge in [-0.2, -0.15) is 0 Å². The van der Waals surface area contributed by atoms with E-state index in [9.17, 15) is 9.59 Å². The maximum atomic E-state index is 11.1. The predicted octanol–water partition coefficient (Wildman–Crippen LogP) is 2.03. The van der Waals surface area contributed by atoms with Gasteiger partial charge in [0, 0.05) is 12.8 Å². The molecule has 0 heterocycles. The Labute approximate surface area is 84.4 Å². The van der Waals surface area contributed by atoms with Crippen molar-refractivity contribution in [2.75, 3.05) is 0 Å². The molecule has 3 nitrogen and oxygen atoms in total. The third-order valence-electron chi connectivity index (χ3n) is 1.55. The zero-order valence-corrected chi connectivity index (χ0v) is 8.49. The molecule has 14 heavy (non-hydrogen) atoms. The van der Waals surface area contributed by atoms with Gasteiger partial charge in [0.25, 0.3) is 0 Å². The summed E-state index contributed by atoms with van der Waals surface area (Å²) in [7, 11) is 0. The van der Waals surface area contributed by atoms with Crippen LogP contribution in [0.4, 0.5) is 0 Å². The maximum Gasteiger partial charge on any atom is 0.313 e. The van der Waals surface area contributed by atoms with Crippen LogP contribution in [0.25, 0.3) is 0 Å². The van der Waals surface area contributed by atoms with Gasteiger partial charge >= 0.3 is 5.97 Å². The van der Waals surface area contributed by atoms with Gasteiger partial charge in [0.1, 0.15) is 18.3 Å². The molecule has 0 aromatic heterocycles. The first-order chi connectivity index (χ1) is 6.60. The lowest BCUT2D eigenvalue weighted by Crippen LogP contribution is -2.18. The average molecular weight is 196 g/mol. The topological polar surface area (TPSA) is 43.4 Å². The Hall–Kier alpha value is -1.38. The summed E-state index contributed by atoms with van der Waals surface area (Å²) in [5, 5.41) is 0. The molecule has 0 saturated heterocycles.